The maximum atomic E-state index is 2.67. The summed E-state index contributed by atoms with van der Waals surface area (Å²) in [5.74, 6) is 0. The molecule has 26 heavy (non-hydrogen) atoms. The second kappa shape index (κ2) is 15.2. The number of hydrogen-bond acceptors (Lipinski definition) is 2. The van der Waals surface area contributed by atoms with E-state index in [1.165, 1.54) is 88.7 Å². The topological polar surface area (TPSA) is 6.48 Å². The first-order valence-electron chi connectivity index (χ1n) is 11.3. The molecule has 0 aromatic heterocycles. The van der Waals surface area contributed by atoms with Crippen LogP contribution in [0, 0.1) is 0 Å². The Morgan fingerprint density at radius 3 is 1.12 bits per heavy atom. The van der Waals surface area contributed by atoms with Crippen LogP contribution in [0.15, 0.2) is 24.3 Å². The van der Waals surface area contributed by atoms with Crippen molar-refractivity contribution in [3.63, 3.8) is 0 Å². The lowest BCUT2D eigenvalue weighted by molar-refractivity contribution is 0.244. The number of unbranched alkanes of at least 4 members (excludes halogenated alkanes) is 4. The number of nitrogens with zero attached hydrogens (tertiary/aromatic N) is 2. The van der Waals surface area contributed by atoms with E-state index in [1.54, 1.807) is 0 Å². The van der Waals surface area contributed by atoms with Crippen LogP contribution in [-0.2, 0) is 13.1 Å². The van der Waals surface area contributed by atoms with Gasteiger partial charge in [0.1, 0.15) is 0 Å². The van der Waals surface area contributed by atoms with Crippen LogP contribution in [0.4, 0.5) is 0 Å². The molecule has 1 rings (SSSR count). The zero-order valence-corrected chi connectivity index (χ0v) is 18.1. The van der Waals surface area contributed by atoms with E-state index >= 15 is 0 Å². The number of hydrogen-bond donors (Lipinski definition) is 0. The van der Waals surface area contributed by atoms with Crippen LogP contribution < -0.4 is 0 Å². The van der Waals surface area contributed by atoms with Crippen molar-refractivity contribution >= 4 is 0 Å². The Morgan fingerprint density at radius 2 is 0.846 bits per heavy atom. The zero-order valence-electron chi connectivity index (χ0n) is 18.1. The van der Waals surface area contributed by atoms with E-state index in [-0.39, 0.29) is 0 Å². The second-order valence-corrected chi connectivity index (χ2v) is 7.74. The molecule has 0 heterocycles. The third-order valence-corrected chi connectivity index (χ3v) is 5.22. The summed E-state index contributed by atoms with van der Waals surface area (Å²) in [4.78, 5) is 5.35. The summed E-state index contributed by atoms with van der Waals surface area (Å²) < 4.78 is 0. The van der Waals surface area contributed by atoms with Gasteiger partial charge in [-0.05, 0) is 63.0 Å². The Labute approximate surface area is 164 Å². The van der Waals surface area contributed by atoms with Gasteiger partial charge in [-0.1, -0.05) is 77.6 Å². The van der Waals surface area contributed by atoms with Gasteiger partial charge in [-0.15, -0.1) is 0 Å². The summed E-state index contributed by atoms with van der Waals surface area (Å²) >= 11 is 0. The highest BCUT2D eigenvalue weighted by Gasteiger charge is 2.12. The molecule has 0 saturated carbocycles. The molecule has 0 saturated heterocycles. The van der Waals surface area contributed by atoms with Gasteiger partial charge in [-0.2, -0.15) is 0 Å². The third-order valence-electron chi connectivity index (χ3n) is 5.22. The van der Waals surface area contributed by atoms with Crippen LogP contribution >= 0.6 is 0 Å². The van der Waals surface area contributed by atoms with Gasteiger partial charge in [0.05, 0.1) is 0 Å². The largest absolute Gasteiger partial charge is 0.299 e. The molecule has 0 aliphatic rings. The average Bonchev–Trinajstić information content (AvgIpc) is 2.67. The Bertz CT molecular complexity index is 387. The molecular weight excluding hydrogens is 316 g/mol. The van der Waals surface area contributed by atoms with Crippen molar-refractivity contribution in [3.05, 3.63) is 35.4 Å². The molecule has 0 radical (unpaired) electrons. The fourth-order valence-corrected chi connectivity index (χ4v) is 3.41. The minimum Gasteiger partial charge on any atom is -0.299 e. The second-order valence-electron chi connectivity index (χ2n) is 7.74. The minimum atomic E-state index is 1.12. The van der Waals surface area contributed by atoms with Crippen molar-refractivity contribution in [2.24, 2.45) is 0 Å². The van der Waals surface area contributed by atoms with Crippen molar-refractivity contribution in [2.75, 3.05) is 26.2 Å². The zero-order chi connectivity index (χ0) is 19.0. The molecule has 0 aliphatic carbocycles. The fraction of sp³-hybridized carbons (Fsp3) is 0.750. The molecule has 0 bridgehead atoms. The van der Waals surface area contributed by atoms with Gasteiger partial charge in [-0.3, -0.25) is 9.80 Å². The van der Waals surface area contributed by atoms with Gasteiger partial charge in [0.2, 0.25) is 0 Å². The molecule has 0 spiro atoms. The molecule has 0 aliphatic heterocycles. The van der Waals surface area contributed by atoms with Crippen LogP contribution in [0.1, 0.15) is 90.2 Å². The summed E-state index contributed by atoms with van der Waals surface area (Å²) in [6.07, 6.45) is 10.4. The molecule has 2 nitrogen and oxygen atoms in total. The number of benzene rings is 1. The van der Waals surface area contributed by atoms with Crippen molar-refractivity contribution in [1.82, 2.24) is 9.80 Å². The summed E-state index contributed by atoms with van der Waals surface area (Å²) in [5, 5.41) is 0. The lowest BCUT2D eigenvalue weighted by Gasteiger charge is -2.26. The SMILES string of the molecule is CCCCN(CCCC)Cc1ccccc1CN(CCCC)CCCC. The lowest BCUT2D eigenvalue weighted by atomic mass is 10.1. The van der Waals surface area contributed by atoms with Gasteiger partial charge >= 0.3 is 0 Å². The third kappa shape index (κ3) is 9.73. The normalized spacial score (nSPS) is 11.6. The Hall–Kier alpha value is -0.860. The molecule has 2 heteroatoms. The first-order chi connectivity index (χ1) is 12.7. The highest BCUT2D eigenvalue weighted by molar-refractivity contribution is 5.27. The van der Waals surface area contributed by atoms with E-state index in [1.807, 2.05) is 0 Å². The first kappa shape index (κ1) is 23.2. The smallest absolute Gasteiger partial charge is 0.0236 e. The van der Waals surface area contributed by atoms with Gasteiger partial charge < -0.3 is 0 Å². The maximum Gasteiger partial charge on any atom is 0.0236 e. The van der Waals surface area contributed by atoms with Gasteiger partial charge in [0.25, 0.3) is 0 Å². The Balaban J connectivity index is 2.78. The molecule has 0 fully saturated rings. The van der Waals surface area contributed by atoms with Crippen LogP contribution in [0.2, 0.25) is 0 Å². The molecule has 0 atom stereocenters. The summed E-state index contributed by atoms with van der Waals surface area (Å²) in [7, 11) is 0. The standard InChI is InChI=1S/C24H44N2/c1-5-9-17-25(18-10-6-2)21-23-15-13-14-16-24(23)22-26(19-11-7-3)20-12-8-4/h13-16H,5-12,17-22H2,1-4H3. The van der Waals surface area contributed by atoms with Crippen LogP contribution in [0.5, 0.6) is 0 Å². The van der Waals surface area contributed by atoms with E-state index in [4.69, 9.17) is 0 Å². The molecule has 0 unspecified atom stereocenters. The molecule has 150 valence electrons. The summed E-state index contributed by atoms with van der Waals surface area (Å²) in [6.45, 7) is 16.4. The Morgan fingerprint density at radius 1 is 0.538 bits per heavy atom. The van der Waals surface area contributed by atoms with Crippen LogP contribution in [-0.4, -0.2) is 36.0 Å². The molecular formula is C24H44N2. The molecule has 0 amide bonds. The van der Waals surface area contributed by atoms with Gasteiger partial charge in [-0.25, -0.2) is 0 Å². The quantitative estimate of drug-likeness (QED) is 0.332. The molecule has 0 N–H and O–H groups in total. The Kier molecular flexibility index (Phi) is 13.6. The first-order valence-corrected chi connectivity index (χ1v) is 11.3. The van der Waals surface area contributed by atoms with Crippen molar-refractivity contribution in [3.8, 4) is 0 Å². The van der Waals surface area contributed by atoms with Crippen LogP contribution in [0.3, 0.4) is 0 Å². The van der Waals surface area contributed by atoms with Gasteiger partial charge in [0.15, 0.2) is 0 Å². The van der Waals surface area contributed by atoms with Crippen molar-refractivity contribution < 1.29 is 0 Å². The van der Waals surface area contributed by atoms with E-state index in [0.29, 0.717) is 0 Å². The molecule has 1 aromatic carbocycles. The molecule has 1 aromatic rings. The predicted octanol–water partition coefficient (Wildman–Crippen LogP) is 6.49. The highest BCUT2D eigenvalue weighted by atomic mass is 15.1. The van der Waals surface area contributed by atoms with E-state index in [2.05, 4.69) is 61.8 Å². The monoisotopic (exact) mass is 360 g/mol. The fourth-order valence-electron chi connectivity index (χ4n) is 3.41. The van der Waals surface area contributed by atoms with Crippen molar-refractivity contribution in [2.45, 2.75) is 92.2 Å². The van der Waals surface area contributed by atoms with Crippen LogP contribution in [0.25, 0.3) is 0 Å². The summed E-state index contributed by atoms with van der Waals surface area (Å²) in [5.41, 5.74) is 3.08. The van der Waals surface area contributed by atoms with E-state index < -0.39 is 0 Å². The summed E-state index contributed by atoms with van der Waals surface area (Å²) in [6, 6.07) is 9.16. The minimum absolute atomic E-state index is 1.12. The van der Waals surface area contributed by atoms with E-state index in [0.717, 1.165) is 13.1 Å². The average molecular weight is 361 g/mol. The van der Waals surface area contributed by atoms with E-state index in [9.17, 15) is 0 Å². The predicted molar refractivity (Wildman–Crippen MR) is 117 cm³/mol. The highest BCUT2D eigenvalue weighted by Crippen LogP contribution is 2.16. The maximum absolute atomic E-state index is 2.67. The van der Waals surface area contributed by atoms with Gasteiger partial charge in [0, 0.05) is 13.1 Å². The lowest BCUT2D eigenvalue weighted by Crippen LogP contribution is -2.28. The van der Waals surface area contributed by atoms with Crippen molar-refractivity contribution in [1.29, 1.82) is 0 Å². The number of rotatable bonds is 16.